The van der Waals surface area contributed by atoms with Crippen LogP contribution in [0.25, 0.3) is 6.08 Å². The number of benzene rings is 2. The van der Waals surface area contributed by atoms with Gasteiger partial charge in [0.2, 0.25) is 0 Å². The number of amidine groups is 1. The van der Waals surface area contributed by atoms with Gasteiger partial charge in [-0.3, -0.25) is 4.79 Å². The van der Waals surface area contributed by atoms with Gasteiger partial charge in [-0.25, -0.2) is 9.18 Å². The first-order chi connectivity index (χ1) is 11.5. The average Bonchev–Trinajstić information content (AvgIpc) is 2.87. The van der Waals surface area contributed by atoms with Crippen LogP contribution >= 0.6 is 11.8 Å². The van der Waals surface area contributed by atoms with E-state index < -0.39 is 11.8 Å². The van der Waals surface area contributed by atoms with Crippen molar-refractivity contribution in [2.45, 2.75) is 0 Å². The van der Waals surface area contributed by atoms with E-state index in [1.807, 2.05) is 0 Å². The van der Waals surface area contributed by atoms with Crippen LogP contribution in [0.2, 0.25) is 0 Å². The summed E-state index contributed by atoms with van der Waals surface area (Å²) in [4.78, 5) is 27.5. The number of aliphatic imine (C=N–C) groups is 1. The number of hydrogen-bond acceptors (Lipinski definition) is 5. The van der Waals surface area contributed by atoms with Gasteiger partial charge in [-0.2, -0.15) is 4.99 Å². The first-order valence-corrected chi connectivity index (χ1v) is 7.69. The summed E-state index contributed by atoms with van der Waals surface area (Å²) >= 11 is 1.11. The Balaban J connectivity index is 1.69. The molecular weight excluding hydrogens is 331 g/mol. The molecule has 0 spiro atoms. The van der Waals surface area contributed by atoms with E-state index in [9.17, 15) is 14.0 Å². The molecule has 0 saturated heterocycles. The molecule has 0 aromatic heterocycles. The fraction of sp³-hybridized carbons (Fsp3) is 0. The molecule has 3 rings (SSSR count). The third-order valence-electron chi connectivity index (χ3n) is 3.11. The van der Waals surface area contributed by atoms with E-state index in [4.69, 9.17) is 10.5 Å². The number of carbonyl (C=O) groups excluding carboxylic acids is 2. The van der Waals surface area contributed by atoms with Crippen molar-refractivity contribution >= 4 is 34.9 Å². The Bertz CT molecular complexity index is 858. The Hall–Kier alpha value is -2.93. The fourth-order valence-corrected chi connectivity index (χ4v) is 2.64. The van der Waals surface area contributed by atoms with E-state index >= 15 is 0 Å². The number of hydrogen-bond donors (Lipinski definition) is 1. The summed E-state index contributed by atoms with van der Waals surface area (Å²) in [6.07, 6.45) is 1.65. The molecule has 0 bridgehead atoms. The second-order valence-electron chi connectivity index (χ2n) is 4.83. The summed E-state index contributed by atoms with van der Waals surface area (Å²) in [7, 11) is 0. The van der Waals surface area contributed by atoms with Gasteiger partial charge >= 0.3 is 5.97 Å². The lowest BCUT2D eigenvalue weighted by atomic mass is 10.2. The highest BCUT2D eigenvalue weighted by molar-refractivity contribution is 8.18. The summed E-state index contributed by atoms with van der Waals surface area (Å²) in [5.41, 5.74) is 6.48. The van der Waals surface area contributed by atoms with Gasteiger partial charge in [0.1, 0.15) is 11.6 Å². The summed E-state index contributed by atoms with van der Waals surface area (Å²) in [5, 5.41) is 0.219. The van der Waals surface area contributed by atoms with Crippen molar-refractivity contribution in [2.75, 3.05) is 0 Å². The molecule has 2 N–H and O–H groups in total. The van der Waals surface area contributed by atoms with Crippen molar-refractivity contribution < 1.29 is 18.7 Å². The molecule has 7 heteroatoms. The number of halogens is 1. The van der Waals surface area contributed by atoms with Crippen molar-refractivity contribution in [1.29, 1.82) is 0 Å². The quantitative estimate of drug-likeness (QED) is 0.527. The van der Waals surface area contributed by atoms with E-state index in [-0.39, 0.29) is 16.6 Å². The van der Waals surface area contributed by atoms with Gasteiger partial charge < -0.3 is 10.5 Å². The predicted octanol–water partition coefficient (Wildman–Crippen LogP) is 2.97. The van der Waals surface area contributed by atoms with Crippen molar-refractivity contribution in [3.05, 3.63) is 70.4 Å². The minimum absolute atomic E-state index is 0.219. The Kier molecular flexibility index (Phi) is 4.43. The monoisotopic (exact) mass is 342 g/mol. The second kappa shape index (κ2) is 6.67. The van der Waals surface area contributed by atoms with Crippen molar-refractivity contribution in [3.8, 4) is 5.75 Å². The van der Waals surface area contributed by atoms with E-state index in [1.165, 1.54) is 24.3 Å². The molecule has 0 fully saturated rings. The third-order valence-corrected chi connectivity index (χ3v) is 3.92. The molecule has 0 atom stereocenters. The maximum atomic E-state index is 12.8. The number of thioether (sulfide) groups is 1. The number of ether oxygens (including phenoxy) is 1. The molecule has 5 nitrogen and oxygen atoms in total. The summed E-state index contributed by atoms with van der Waals surface area (Å²) in [5.74, 6) is -1.03. The molecule has 1 aliphatic heterocycles. The lowest BCUT2D eigenvalue weighted by molar-refractivity contribution is -0.113. The zero-order valence-electron chi connectivity index (χ0n) is 12.2. The van der Waals surface area contributed by atoms with Crippen LogP contribution in [0.3, 0.4) is 0 Å². The van der Waals surface area contributed by atoms with Gasteiger partial charge in [0.25, 0.3) is 5.91 Å². The van der Waals surface area contributed by atoms with E-state index in [2.05, 4.69) is 4.99 Å². The third kappa shape index (κ3) is 3.69. The number of nitrogens with two attached hydrogens (primary N) is 1. The molecule has 2 aromatic carbocycles. The highest BCUT2D eigenvalue weighted by Crippen LogP contribution is 2.27. The summed E-state index contributed by atoms with van der Waals surface area (Å²) < 4.78 is 18.0. The van der Waals surface area contributed by atoms with Crippen molar-refractivity contribution in [2.24, 2.45) is 10.7 Å². The molecule has 120 valence electrons. The highest BCUT2D eigenvalue weighted by atomic mass is 32.2. The molecule has 24 heavy (non-hydrogen) atoms. The highest BCUT2D eigenvalue weighted by Gasteiger charge is 2.19. The molecule has 2 aromatic rings. The molecule has 0 unspecified atom stereocenters. The van der Waals surface area contributed by atoms with Gasteiger partial charge in [0.05, 0.1) is 10.5 Å². The van der Waals surface area contributed by atoms with Crippen LogP contribution in [0.5, 0.6) is 5.75 Å². The lowest BCUT2D eigenvalue weighted by Gasteiger charge is -2.05. The maximum Gasteiger partial charge on any atom is 0.343 e. The minimum atomic E-state index is -0.580. The van der Waals surface area contributed by atoms with Crippen LogP contribution in [0.15, 0.2) is 58.4 Å². The SMILES string of the molecule is NC1=NC(=O)C(=Cc2ccc(OC(=O)c3ccc(F)cc3)cc2)S1. The average molecular weight is 342 g/mol. The lowest BCUT2D eigenvalue weighted by Crippen LogP contribution is -2.08. The summed E-state index contributed by atoms with van der Waals surface area (Å²) in [6.45, 7) is 0. The molecule has 1 aliphatic rings. The van der Waals surface area contributed by atoms with Gasteiger partial charge in [-0.05, 0) is 59.8 Å². The molecule has 0 radical (unpaired) electrons. The standard InChI is InChI=1S/C17H11FN2O3S/c18-12-5-3-11(4-6-12)16(22)23-13-7-1-10(2-8-13)9-14-15(21)20-17(19)24-14/h1-9H,(H2,19,20,21). The smallest absolute Gasteiger partial charge is 0.343 e. The largest absolute Gasteiger partial charge is 0.423 e. The zero-order valence-corrected chi connectivity index (χ0v) is 13.0. The summed E-state index contributed by atoms with van der Waals surface area (Å²) in [6, 6.07) is 11.7. The Morgan fingerprint density at radius 2 is 1.79 bits per heavy atom. The van der Waals surface area contributed by atoms with Gasteiger partial charge in [0, 0.05) is 0 Å². The van der Waals surface area contributed by atoms with E-state index in [1.54, 1.807) is 30.3 Å². The van der Waals surface area contributed by atoms with Gasteiger partial charge in [0.15, 0.2) is 5.17 Å². The topological polar surface area (TPSA) is 81.8 Å². The van der Waals surface area contributed by atoms with Crippen LogP contribution in [0.1, 0.15) is 15.9 Å². The molecular formula is C17H11FN2O3S. The van der Waals surface area contributed by atoms with Crippen LogP contribution in [0.4, 0.5) is 4.39 Å². The number of carbonyl (C=O) groups is 2. The number of amides is 1. The normalized spacial score (nSPS) is 15.5. The van der Waals surface area contributed by atoms with Crippen LogP contribution in [-0.2, 0) is 4.79 Å². The molecule has 1 amide bonds. The first-order valence-electron chi connectivity index (χ1n) is 6.87. The maximum absolute atomic E-state index is 12.8. The Labute approximate surface area is 141 Å². The minimum Gasteiger partial charge on any atom is -0.423 e. The van der Waals surface area contributed by atoms with Gasteiger partial charge in [-0.1, -0.05) is 12.1 Å². The van der Waals surface area contributed by atoms with Crippen LogP contribution in [-0.4, -0.2) is 17.0 Å². The van der Waals surface area contributed by atoms with E-state index in [0.29, 0.717) is 10.7 Å². The molecule has 0 saturated carbocycles. The van der Waals surface area contributed by atoms with Crippen molar-refractivity contribution in [1.82, 2.24) is 0 Å². The predicted molar refractivity (Wildman–Crippen MR) is 90.0 cm³/mol. The number of nitrogens with zero attached hydrogens (tertiary/aromatic N) is 1. The van der Waals surface area contributed by atoms with Crippen LogP contribution in [0, 0.1) is 5.82 Å². The van der Waals surface area contributed by atoms with Gasteiger partial charge in [-0.15, -0.1) is 0 Å². The molecule has 1 heterocycles. The van der Waals surface area contributed by atoms with Crippen molar-refractivity contribution in [3.63, 3.8) is 0 Å². The first kappa shape index (κ1) is 15.9. The van der Waals surface area contributed by atoms with E-state index in [0.717, 1.165) is 17.3 Å². The number of rotatable bonds is 3. The number of esters is 1. The Morgan fingerprint density at radius 1 is 1.12 bits per heavy atom. The second-order valence-corrected chi connectivity index (χ2v) is 5.89. The fourth-order valence-electron chi connectivity index (χ4n) is 1.96. The molecule has 0 aliphatic carbocycles. The Morgan fingerprint density at radius 3 is 2.38 bits per heavy atom. The zero-order chi connectivity index (χ0) is 17.1. The van der Waals surface area contributed by atoms with Crippen LogP contribution < -0.4 is 10.5 Å².